The number of benzene rings is 2. The summed E-state index contributed by atoms with van der Waals surface area (Å²) in [5, 5.41) is 4.91. The highest BCUT2D eigenvalue weighted by atomic mass is 32.2. The van der Waals surface area contributed by atoms with Gasteiger partial charge in [-0.1, -0.05) is 48.0 Å². The highest BCUT2D eigenvalue weighted by Crippen LogP contribution is 2.16. The van der Waals surface area contributed by atoms with Crippen LogP contribution in [-0.4, -0.2) is 28.7 Å². The Morgan fingerprint density at radius 2 is 1.67 bits per heavy atom. The van der Waals surface area contributed by atoms with Gasteiger partial charge < -0.3 is 16.4 Å². The van der Waals surface area contributed by atoms with Crippen molar-refractivity contribution in [2.75, 3.05) is 11.1 Å². The third-order valence-corrected chi connectivity index (χ3v) is 5.02. The van der Waals surface area contributed by atoms with E-state index in [4.69, 9.17) is 5.73 Å². The molecule has 0 spiro atoms. The van der Waals surface area contributed by atoms with Crippen LogP contribution in [-0.2, 0) is 14.4 Å². The number of aryl methyl sites for hydroxylation is 1. The van der Waals surface area contributed by atoms with Gasteiger partial charge in [0.1, 0.15) is 6.04 Å². The molecule has 0 fully saturated rings. The molecule has 0 radical (unpaired) electrons. The lowest BCUT2D eigenvalue weighted by Crippen LogP contribution is -2.41. The van der Waals surface area contributed by atoms with Crippen LogP contribution < -0.4 is 16.4 Å². The van der Waals surface area contributed by atoms with Crippen LogP contribution in [0.25, 0.3) is 0 Å². The summed E-state index contributed by atoms with van der Waals surface area (Å²) in [6.45, 7) is 3.65. The Bertz CT molecular complexity index is 794. The number of anilines is 1. The van der Waals surface area contributed by atoms with Gasteiger partial charge in [-0.15, -0.1) is 11.8 Å². The third-order valence-electron chi connectivity index (χ3n) is 3.87. The number of primary amides is 1. The number of thioether (sulfide) groups is 1. The van der Waals surface area contributed by atoms with Crippen molar-refractivity contribution >= 4 is 35.2 Å². The lowest BCUT2D eigenvalue weighted by atomic mass is 10.1. The molecular formula is C20H23N3O3S. The Balaban J connectivity index is 1.86. The predicted octanol–water partition coefficient (Wildman–Crippen LogP) is 2.40. The zero-order valence-corrected chi connectivity index (χ0v) is 16.1. The molecule has 6 nitrogen and oxygen atoms in total. The van der Waals surface area contributed by atoms with Crippen LogP contribution in [0.15, 0.2) is 54.6 Å². The van der Waals surface area contributed by atoms with Crippen molar-refractivity contribution in [3.8, 4) is 0 Å². The first kappa shape index (κ1) is 20.5. The maximum Gasteiger partial charge on any atom is 0.244 e. The average molecular weight is 385 g/mol. The minimum Gasteiger partial charge on any atom is -0.368 e. The summed E-state index contributed by atoms with van der Waals surface area (Å²) < 4.78 is 0. The van der Waals surface area contributed by atoms with Gasteiger partial charge >= 0.3 is 0 Å². The molecule has 4 N–H and O–H groups in total. The van der Waals surface area contributed by atoms with Gasteiger partial charge in [-0.3, -0.25) is 14.4 Å². The molecule has 2 aromatic rings. The fourth-order valence-electron chi connectivity index (χ4n) is 2.33. The van der Waals surface area contributed by atoms with Crippen molar-refractivity contribution in [1.82, 2.24) is 5.32 Å². The average Bonchev–Trinajstić information content (AvgIpc) is 2.66. The van der Waals surface area contributed by atoms with Crippen LogP contribution in [0.1, 0.15) is 24.1 Å². The number of carbonyl (C=O) groups excluding carboxylic acids is 3. The molecule has 0 bridgehead atoms. The highest BCUT2D eigenvalue weighted by Gasteiger charge is 2.23. The van der Waals surface area contributed by atoms with Gasteiger partial charge in [0.15, 0.2) is 0 Å². The van der Waals surface area contributed by atoms with Crippen molar-refractivity contribution in [3.05, 3.63) is 65.7 Å². The van der Waals surface area contributed by atoms with Gasteiger partial charge in [-0.05, 0) is 31.5 Å². The van der Waals surface area contributed by atoms with E-state index in [1.807, 2.05) is 37.3 Å². The molecule has 0 aliphatic rings. The maximum absolute atomic E-state index is 12.4. The molecule has 0 heterocycles. The summed E-state index contributed by atoms with van der Waals surface area (Å²) in [5.41, 5.74) is 7.85. The van der Waals surface area contributed by atoms with E-state index in [0.717, 1.165) is 5.56 Å². The number of carbonyl (C=O) groups is 3. The molecule has 0 aromatic heterocycles. The standard InChI is InChI=1S/C20H23N3O3S/c1-13-8-10-16(11-9-13)22-17(24)12-27-14(2)20(26)23-18(19(21)25)15-6-4-3-5-7-15/h3-11,14,18H,12H2,1-2H3,(H2,21,25)(H,22,24)(H,23,26). The summed E-state index contributed by atoms with van der Waals surface area (Å²) in [7, 11) is 0. The molecule has 0 aliphatic heterocycles. The molecule has 0 aliphatic carbocycles. The topological polar surface area (TPSA) is 101 Å². The SMILES string of the molecule is Cc1ccc(NC(=O)CSC(C)C(=O)NC(C(N)=O)c2ccccc2)cc1. The first-order chi connectivity index (χ1) is 12.9. The van der Waals surface area contributed by atoms with Crippen LogP contribution in [0.5, 0.6) is 0 Å². The molecule has 2 aromatic carbocycles. The van der Waals surface area contributed by atoms with Crippen molar-refractivity contribution in [2.45, 2.75) is 25.1 Å². The Morgan fingerprint density at radius 1 is 1.04 bits per heavy atom. The molecule has 7 heteroatoms. The fourth-order valence-corrected chi connectivity index (χ4v) is 3.03. The smallest absolute Gasteiger partial charge is 0.244 e. The highest BCUT2D eigenvalue weighted by molar-refractivity contribution is 8.01. The molecule has 0 saturated heterocycles. The van der Waals surface area contributed by atoms with Crippen molar-refractivity contribution in [2.24, 2.45) is 5.73 Å². The van der Waals surface area contributed by atoms with Gasteiger partial charge in [0.2, 0.25) is 17.7 Å². The first-order valence-corrected chi connectivity index (χ1v) is 9.54. The van der Waals surface area contributed by atoms with Gasteiger partial charge in [0, 0.05) is 5.69 Å². The van der Waals surface area contributed by atoms with Crippen molar-refractivity contribution in [1.29, 1.82) is 0 Å². The lowest BCUT2D eigenvalue weighted by molar-refractivity contribution is -0.127. The second kappa shape index (κ2) is 9.78. The molecule has 2 atom stereocenters. The molecule has 142 valence electrons. The fraction of sp³-hybridized carbons (Fsp3) is 0.250. The summed E-state index contributed by atoms with van der Waals surface area (Å²) in [6, 6.07) is 15.4. The summed E-state index contributed by atoms with van der Waals surface area (Å²) in [6.07, 6.45) is 0. The Kier molecular flexibility index (Phi) is 7.43. The van der Waals surface area contributed by atoms with Crippen LogP contribution in [0.3, 0.4) is 0 Å². The molecule has 2 unspecified atom stereocenters. The number of amides is 3. The number of nitrogens with two attached hydrogens (primary N) is 1. The van der Waals surface area contributed by atoms with Crippen LogP contribution in [0, 0.1) is 6.92 Å². The van der Waals surface area contributed by atoms with Crippen molar-refractivity contribution in [3.63, 3.8) is 0 Å². The van der Waals surface area contributed by atoms with Crippen molar-refractivity contribution < 1.29 is 14.4 Å². The van der Waals surface area contributed by atoms with E-state index in [1.54, 1.807) is 31.2 Å². The number of hydrogen-bond acceptors (Lipinski definition) is 4. The van der Waals surface area contributed by atoms with Crippen LogP contribution in [0.2, 0.25) is 0 Å². The molecule has 3 amide bonds. The largest absolute Gasteiger partial charge is 0.368 e. The van der Waals surface area contributed by atoms with Gasteiger partial charge in [-0.2, -0.15) is 0 Å². The van der Waals surface area contributed by atoms with E-state index in [0.29, 0.717) is 11.3 Å². The minimum atomic E-state index is -0.900. The van der Waals surface area contributed by atoms with E-state index in [1.165, 1.54) is 11.8 Å². The maximum atomic E-state index is 12.4. The zero-order chi connectivity index (χ0) is 19.8. The predicted molar refractivity (Wildman–Crippen MR) is 108 cm³/mol. The first-order valence-electron chi connectivity index (χ1n) is 8.49. The van der Waals surface area contributed by atoms with E-state index >= 15 is 0 Å². The Labute approximate surface area is 162 Å². The molecular weight excluding hydrogens is 362 g/mol. The summed E-state index contributed by atoms with van der Waals surface area (Å²) in [4.78, 5) is 36.1. The van der Waals surface area contributed by atoms with E-state index in [-0.39, 0.29) is 17.6 Å². The van der Waals surface area contributed by atoms with Gasteiger partial charge in [-0.25, -0.2) is 0 Å². The molecule has 2 rings (SSSR count). The van der Waals surface area contributed by atoms with E-state index in [9.17, 15) is 14.4 Å². The summed E-state index contributed by atoms with van der Waals surface area (Å²) >= 11 is 1.19. The van der Waals surface area contributed by atoms with E-state index in [2.05, 4.69) is 10.6 Å². The summed E-state index contributed by atoms with van der Waals surface area (Å²) in [5.74, 6) is -1.06. The third kappa shape index (κ3) is 6.45. The normalized spacial score (nSPS) is 12.7. The monoisotopic (exact) mass is 385 g/mol. The Morgan fingerprint density at radius 3 is 2.26 bits per heavy atom. The number of nitrogens with one attached hydrogen (secondary N) is 2. The zero-order valence-electron chi connectivity index (χ0n) is 15.3. The molecule has 0 saturated carbocycles. The molecule has 27 heavy (non-hydrogen) atoms. The lowest BCUT2D eigenvalue weighted by Gasteiger charge is -2.18. The van der Waals surface area contributed by atoms with Crippen LogP contribution in [0.4, 0.5) is 5.69 Å². The van der Waals surface area contributed by atoms with Gasteiger partial charge in [0.05, 0.1) is 11.0 Å². The second-order valence-corrected chi connectivity index (χ2v) is 7.45. The quantitative estimate of drug-likeness (QED) is 0.649. The second-order valence-electron chi connectivity index (χ2n) is 6.12. The van der Waals surface area contributed by atoms with Crippen LogP contribution >= 0.6 is 11.8 Å². The van der Waals surface area contributed by atoms with E-state index < -0.39 is 17.2 Å². The minimum absolute atomic E-state index is 0.120. The number of hydrogen-bond donors (Lipinski definition) is 3. The Hall–Kier alpha value is -2.80. The number of rotatable bonds is 8. The van der Waals surface area contributed by atoms with Gasteiger partial charge in [0.25, 0.3) is 0 Å².